The van der Waals surface area contributed by atoms with Crippen molar-refractivity contribution in [3.63, 3.8) is 0 Å². The highest BCUT2D eigenvalue weighted by Crippen LogP contribution is 2.19. The summed E-state index contributed by atoms with van der Waals surface area (Å²) in [7, 11) is -1.71. The van der Waals surface area contributed by atoms with E-state index >= 15 is 0 Å². The molecule has 0 aromatic carbocycles. The van der Waals surface area contributed by atoms with Gasteiger partial charge in [-0.3, -0.25) is 0 Å². The Hall–Kier alpha value is -1.00. The molecule has 1 saturated heterocycles. The fraction of sp³-hybridized carbons (Fsp3) is 0.500. The van der Waals surface area contributed by atoms with E-state index in [1.54, 1.807) is 5.01 Å². The van der Waals surface area contributed by atoms with Gasteiger partial charge in [0.15, 0.2) is 0 Å². The predicted octanol–water partition coefficient (Wildman–Crippen LogP) is -0.113. The van der Waals surface area contributed by atoms with E-state index in [9.17, 15) is 13.2 Å². The quantitative estimate of drug-likeness (QED) is 0.806. The van der Waals surface area contributed by atoms with Crippen LogP contribution in [-0.4, -0.2) is 62.6 Å². The van der Waals surface area contributed by atoms with Gasteiger partial charge in [0.05, 0.1) is 4.90 Å². The van der Waals surface area contributed by atoms with Crippen molar-refractivity contribution < 1.29 is 18.3 Å². The van der Waals surface area contributed by atoms with Gasteiger partial charge in [-0.25, -0.2) is 18.2 Å². The molecule has 1 aromatic rings. The molecule has 19 heavy (non-hydrogen) atoms. The standard InChI is InChI=1S/C10H15N3O4S2/c1-12-2-4-13(5-3-12)11-19(16,17)8-6-9(10(14)15)18-7-8/h6-7,11H,2-5H2,1H3,(H,14,15). The molecule has 0 atom stereocenters. The number of likely N-dealkylation sites (N-methyl/N-ethyl adjacent to an activating group) is 1. The molecule has 0 saturated carbocycles. The Morgan fingerprint density at radius 1 is 1.37 bits per heavy atom. The van der Waals surface area contributed by atoms with Crippen LogP contribution in [0.25, 0.3) is 0 Å². The van der Waals surface area contributed by atoms with Crippen molar-refractivity contribution in [2.45, 2.75) is 4.90 Å². The van der Waals surface area contributed by atoms with Gasteiger partial charge in [0.1, 0.15) is 4.88 Å². The monoisotopic (exact) mass is 305 g/mol. The third-order valence-electron chi connectivity index (χ3n) is 2.85. The predicted molar refractivity (Wildman–Crippen MR) is 70.7 cm³/mol. The first kappa shape index (κ1) is 14.4. The highest BCUT2D eigenvalue weighted by Gasteiger charge is 2.23. The number of hydrogen-bond donors (Lipinski definition) is 2. The molecule has 0 bridgehead atoms. The summed E-state index contributed by atoms with van der Waals surface area (Å²) in [5.74, 6) is -1.12. The van der Waals surface area contributed by atoms with Crippen LogP contribution in [0, 0.1) is 0 Å². The minimum atomic E-state index is -3.69. The van der Waals surface area contributed by atoms with Crippen molar-refractivity contribution in [2.75, 3.05) is 33.2 Å². The summed E-state index contributed by atoms with van der Waals surface area (Å²) in [5, 5.41) is 11.8. The Morgan fingerprint density at radius 2 is 2.00 bits per heavy atom. The summed E-state index contributed by atoms with van der Waals surface area (Å²) in [6.45, 7) is 2.77. The second-order valence-corrected chi connectivity index (χ2v) is 6.91. The summed E-state index contributed by atoms with van der Waals surface area (Å²) in [5.41, 5.74) is 0. The van der Waals surface area contributed by atoms with Crippen molar-refractivity contribution in [1.82, 2.24) is 14.7 Å². The number of thiophene rings is 1. The molecule has 0 unspecified atom stereocenters. The minimum Gasteiger partial charge on any atom is -0.477 e. The molecule has 106 valence electrons. The van der Waals surface area contributed by atoms with E-state index in [1.807, 2.05) is 7.05 Å². The molecule has 1 aliphatic heterocycles. The van der Waals surface area contributed by atoms with Crippen molar-refractivity contribution in [3.05, 3.63) is 16.3 Å². The number of piperazine rings is 1. The summed E-state index contributed by atoms with van der Waals surface area (Å²) >= 11 is 0.901. The van der Waals surface area contributed by atoms with Crippen LogP contribution in [0.1, 0.15) is 9.67 Å². The van der Waals surface area contributed by atoms with Crippen LogP contribution in [0.4, 0.5) is 0 Å². The Morgan fingerprint density at radius 3 is 2.53 bits per heavy atom. The van der Waals surface area contributed by atoms with E-state index in [-0.39, 0.29) is 9.77 Å². The maximum Gasteiger partial charge on any atom is 0.345 e. The van der Waals surface area contributed by atoms with E-state index in [0.717, 1.165) is 24.4 Å². The van der Waals surface area contributed by atoms with Crippen LogP contribution in [0.2, 0.25) is 0 Å². The average molecular weight is 305 g/mol. The Kier molecular flexibility index (Phi) is 4.21. The molecule has 0 aliphatic carbocycles. The van der Waals surface area contributed by atoms with E-state index in [4.69, 9.17) is 5.11 Å². The number of rotatable bonds is 4. The Bertz CT molecular complexity index is 561. The van der Waals surface area contributed by atoms with Gasteiger partial charge in [-0.2, -0.15) is 0 Å². The summed E-state index contributed by atoms with van der Waals surface area (Å²) < 4.78 is 24.1. The zero-order valence-corrected chi connectivity index (χ0v) is 12.0. The lowest BCUT2D eigenvalue weighted by Crippen LogP contribution is -2.52. The van der Waals surface area contributed by atoms with Gasteiger partial charge in [-0.1, -0.05) is 0 Å². The minimum absolute atomic E-state index is 0.00571. The van der Waals surface area contributed by atoms with Crippen molar-refractivity contribution in [2.24, 2.45) is 0 Å². The van der Waals surface area contributed by atoms with Crippen LogP contribution >= 0.6 is 11.3 Å². The van der Waals surface area contributed by atoms with Crippen LogP contribution in [0.15, 0.2) is 16.3 Å². The Balaban J connectivity index is 2.07. The molecule has 9 heteroatoms. The zero-order valence-electron chi connectivity index (χ0n) is 10.4. The number of sulfonamides is 1. The summed E-state index contributed by atoms with van der Waals surface area (Å²) in [6.07, 6.45) is 0. The molecule has 2 heterocycles. The molecule has 0 radical (unpaired) electrons. The number of nitrogens with one attached hydrogen (secondary N) is 1. The molecule has 0 spiro atoms. The van der Waals surface area contributed by atoms with Gasteiger partial charge >= 0.3 is 5.97 Å². The van der Waals surface area contributed by atoms with Crippen LogP contribution in [-0.2, 0) is 10.0 Å². The largest absolute Gasteiger partial charge is 0.477 e. The van der Waals surface area contributed by atoms with E-state index in [1.165, 1.54) is 11.4 Å². The molecule has 7 nitrogen and oxygen atoms in total. The lowest BCUT2D eigenvalue weighted by atomic mass is 10.4. The first-order chi connectivity index (χ1) is 8.88. The second-order valence-electron chi connectivity index (χ2n) is 4.34. The van der Waals surface area contributed by atoms with Crippen molar-refractivity contribution in [1.29, 1.82) is 0 Å². The molecule has 2 N–H and O–H groups in total. The van der Waals surface area contributed by atoms with Crippen LogP contribution in [0.3, 0.4) is 0 Å². The maximum atomic E-state index is 12.1. The number of carbonyl (C=O) groups is 1. The maximum absolute atomic E-state index is 12.1. The average Bonchev–Trinajstić information content (AvgIpc) is 2.82. The van der Waals surface area contributed by atoms with Crippen LogP contribution in [0.5, 0.6) is 0 Å². The third kappa shape index (κ3) is 3.51. The molecule has 1 fully saturated rings. The fourth-order valence-electron chi connectivity index (χ4n) is 1.69. The third-order valence-corrected chi connectivity index (χ3v) is 5.27. The summed E-state index contributed by atoms with van der Waals surface area (Å²) in [6, 6.07) is 1.17. The second kappa shape index (κ2) is 5.55. The lowest BCUT2D eigenvalue weighted by molar-refractivity contribution is 0.0702. The Labute approximate surface area is 115 Å². The molecule has 0 amide bonds. The highest BCUT2D eigenvalue weighted by atomic mass is 32.2. The van der Waals surface area contributed by atoms with E-state index < -0.39 is 16.0 Å². The zero-order chi connectivity index (χ0) is 14.0. The molecular weight excluding hydrogens is 290 g/mol. The molecule has 2 rings (SSSR count). The molecular formula is C10H15N3O4S2. The number of nitrogens with zero attached hydrogens (tertiary/aromatic N) is 2. The summed E-state index contributed by atoms with van der Waals surface area (Å²) in [4.78, 5) is 15.3. The van der Waals surface area contributed by atoms with Gasteiger partial charge in [0.2, 0.25) is 0 Å². The topological polar surface area (TPSA) is 90.0 Å². The molecule has 1 aromatic heterocycles. The highest BCUT2D eigenvalue weighted by molar-refractivity contribution is 7.89. The van der Waals surface area contributed by atoms with Gasteiger partial charge in [0.25, 0.3) is 10.0 Å². The van der Waals surface area contributed by atoms with Gasteiger partial charge in [-0.05, 0) is 13.1 Å². The van der Waals surface area contributed by atoms with Crippen molar-refractivity contribution >= 4 is 27.3 Å². The van der Waals surface area contributed by atoms with E-state index in [2.05, 4.69) is 9.73 Å². The smallest absolute Gasteiger partial charge is 0.345 e. The SMILES string of the molecule is CN1CCN(NS(=O)(=O)c2csc(C(=O)O)c2)CC1. The number of hydrogen-bond acceptors (Lipinski definition) is 6. The molecule has 1 aliphatic rings. The number of carboxylic acids is 1. The number of hydrazine groups is 1. The fourth-order valence-corrected chi connectivity index (χ4v) is 3.93. The van der Waals surface area contributed by atoms with Gasteiger partial charge in [-0.15, -0.1) is 16.2 Å². The number of carboxylic acid groups (broad SMARTS) is 1. The first-order valence-electron chi connectivity index (χ1n) is 5.66. The van der Waals surface area contributed by atoms with Gasteiger partial charge in [0, 0.05) is 31.6 Å². The van der Waals surface area contributed by atoms with Crippen molar-refractivity contribution in [3.8, 4) is 0 Å². The normalized spacial score (nSPS) is 18.6. The van der Waals surface area contributed by atoms with Gasteiger partial charge < -0.3 is 10.0 Å². The van der Waals surface area contributed by atoms with Crippen LogP contribution < -0.4 is 4.83 Å². The number of aromatic carboxylic acids is 1. The lowest BCUT2D eigenvalue weighted by Gasteiger charge is -2.31. The van der Waals surface area contributed by atoms with E-state index in [0.29, 0.717) is 13.1 Å². The first-order valence-corrected chi connectivity index (χ1v) is 8.02.